The third-order valence-electron chi connectivity index (χ3n) is 1.51. The molecule has 0 aliphatic rings. The van der Waals surface area contributed by atoms with Gasteiger partial charge in [-0.05, 0) is 5.56 Å². The standard InChI is InChI=1S/C10H10NO2/c1-2-11(10(12)13)8-9-6-4-3-5-7-9/h2-8H,1H2,(H,12,13). The van der Waals surface area contributed by atoms with Crippen LogP contribution in [0.15, 0.2) is 43.1 Å². The van der Waals surface area contributed by atoms with Crippen molar-refractivity contribution in [1.29, 1.82) is 0 Å². The summed E-state index contributed by atoms with van der Waals surface area (Å²) in [7, 11) is 0. The van der Waals surface area contributed by atoms with Crippen LogP contribution in [0.4, 0.5) is 4.79 Å². The van der Waals surface area contributed by atoms with Gasteiger partial charge in [0.1, 0.15) is 0 Å². The highest BCUT2D eigenvalue weighted by molar-refractivity contribution is 5.67. The Morgan fingerprint density at radius 1 is 1.38 bits per heavy atom. The van der Waals surface area contributed by atoms with Crippen LogP contribution in [0.2, 0.25) is 0 Å². The lowest BCUT2D eigenvalue weighted by Crippen LogP contribution is -2.20. The van der Waals surface area contributed by atoms with Gasteiger partial charge in [-0.1, -0.05) is 36.9 Å². The Balaban J connectivity index is 2.67. The van der Waals surface area contributed by atoms with Gasteiger partial charge < -0.3 is 5.11 Å². The zero-order valence-electron chi connectivity index (χ0n) is 7.05. The largest absolute Gasteiger partial charge is 0.465 e. The van der Waals surface area contributed by atoms with Crippen LogP contribution in [0.5, 0.6) is 0 Å². The van der Waals surface area contributed by atoms with E-state index in [1.54, 1.807) is 0 Å². The Morgan fingerprint density at radius 3 is 2.46 bits per heavy atom. The second-order valence-corrected chi connectivity index (χ2v) is 2.41. The lowest BCUT2D eigenvalue weighted by atomic mass is 10.2. The molecule has 0 heterocycles. The van der Waals surface area contributed by atoms with Gasteiger partial charge in [-0.25, -0.2) is 4.79 Å². The second kappa shape index (κ2) is 4.30. The van der Waals surface area contributed by atoms with E-state index in [-0.39, 0.29) is 0 Å². The van der Waals surface area contributed by atoms with Crippen LogP contribution in [-0.2, 0) is 0 Å². The number of hydrogen-bond donors (Lipinski definition) is 1. The van der Waals surface area contributed by atoms with E-state index in [2.05, 4.69) is 6.58 Å². The molecule has 0 atom stereocenters. The number of rotatable bonds is 3. The minimum absolute atomic E-state index is 0.824. The number of carboxylic acid groups (broad SMARTS) is 1. The van der Waals surface area contributed by atoms with Crippen molar-refractivity contribution >= 4 is 6.09 Å². The van der Waals surface area contributed by atoms with Crippen molar-refractivity contribution < 1.29 is 9.90 Å². The monoisotopic (exact) mass is 176 g/mol. The first-order chi connectivity index (χ1) is 6.24. The van der Waals surface area contributed by atoms with E-state index < -0.39 is 6.09 Å². The van der Waals surface area contributed by atoms with Crippen molar-refractivity contribution in [1.82, 2.24) is 4.90 Å². The molecule has 1 amide bonds. The maximum Gasteiger partial charge on any atom is 0.411 e. The first-order valence-corrected chi connectivity index (χ1v) is 3.78. The molecule has 0 spiro atoms. The van der Waals surface area contributed by atoms with Gasteiger partial charge in [0.2, 0.25) is 0 Å². The van der Waals surface area contributed by atoms with Gasteiger partial charge in [0.15, 0.2) is 0 Å². The zero-order chi connectivity index (χ0) is 9.68. The summed E-state index contributed by atoms with van der Waals surface area (Å²) in [5.74, 6) is 0. The predicted molar refractivity (Wildman–Crippen MR) is 49.9 cm³/mol. The second-order valence-electron chi connectivity index (χ2n) is 2.41. The van der Waals surface area contributed by atoms with E-state index in [4.69, 9.17) is 5.11 Å². The van der Waals surface area contributed by atoms with Crippen LogP contribution in [0, 0.1) is 6.54 Å². The predicted octanol–water partition coefficient (Wildman–Crippen LogP) is 2.32. The number of nitrogens with zero attached hydrogens (tertiary/aromatic N) is 1. The molecule has 0 aliphatic carbocycles. The quantitative estimate of drug-likeness (QED) is 0.767. The molecular formula is C10H10NO2. The Labute approximate surface area is 76.9 Å². The third kappa shape index (κ3) is 2.63. The summed E-state index contributed by atoms with van der Waals surface area (Å²) in [5, 5.41) is 8.66. The normalized spacial score (nSPS) is 9.23. The Kier molecular flexibility index (Phi) is 3.09. The van der Waals surface area contributed by atoms with Crippen LogP contribution in [0.1, 0.15) is 5.56 Å². The maximum atomic E-state index is 10.6. The summed E-state index contributed by atoms with van der Waals surface area (Å²) in [5.41, 5.74) is 0.824. The van der Waals surface area contributed by atoms with Gasteiger partial charge in [-0.3, -0.25) is 4.90 Å². The maximum absolute atomic E-state index is 10.6. The van der Waals surface area contributed by atoms with Crippen LogP contribution >= 0.6 is 0 Å². The fourth-order valence-corrected chi connectivity index (χ4v) is 0.886. The molecule has 1 rings (SSSR count). The molecule has 0 bridgehead atoms. The molecule has 0 aromatic heterocycles. The Bertz CT molecular complexity index is 295. The number of amides is 1. The minimum atomic E-state index is -1.04. The van der Waals surface area contributed by atoms with E-state index in [0.717, 1.165) is 10.5 Å². The number of hydrogen-bond acceptors (Lipinski definition) is 1. The average Bonchev–Trinajstić information content (AvgIpc) is 2.15. The van der Waals surface area contributed by atoms with Crippen molar-refractivity contribution in [2.75, 3.05) is 0 Å². The molecule has 1 radical (unpaired) electrons. The molecule has 3 nitrogen and oxygen atoms in total. The van der Waals surface area contributed by atoms with Crippen molar-refractivity contribution in [2.45, 2.75) is 0 Å². The van der Waals surface area contributed by atoms with Crippen molar-refractivity contribution in [3.8, 4) is 0 Å². The molecule has 0 saturated carbocycles. The van der Waals surface area contributed by atoms with E-state index in [0.29, 0.717) is 0 Å². The molecule has 0 aliphatic heterocycles. The van der Waals surface area contributed by atoms with Crippen LogP contribution < -0.4 is 0 Å². The summed E-state index contributed by atoms with van der Waals surface area (Å²) in [6.45, 7) is 4.89. The minimum Gasteiger partial charge on any atom is -0.465 e. The van der Waals surface area contributed by atoms with Gasteiger partial charge in [0, 0.05) is 6.20 Å². The van der Waals surface area contributed by atoms with Gasteiger partial charge >= 0.3 is 6.09 Å². The summed E-state index contributed by atoms with van der Waals surface area (Å²) >= 11 is 0. The Hall–Kier alpha value is -1.77. The third-order valence-corrected chi connectivity index (χ3v) is 1.51. The molecule has 0 saturated heterocycles. The lowest BCUT2D eigenvalue weighted by Gasteiger charge is -2.12. The highest BCUT2D eigenvalue weighted by atomic mass is 16.4. The van der Waals surface area contributed by atoms with Gasteiger partial charge in [-0.2, -0.15) is 0 Å². The van der Waals surface area contributed by atoms with Crippen LogP contribution in [-0.4, -0.2) is 16.1 Å². The van der Waals surface area contributed by atoms with Gasteiger partial charge in [0.25, 0.3) is 0 Å². The first-order valence-electron chi connectivity index (χ1n) is 3.78. The molecular weight excluding hydrogens is 166 g/mol. The molecule has 13 heavy (non-hydrogen) atoms. The lowest BCUT2D eigenvalue weighted by molar-refractivity contribution is 0.172. The zero-order valence-corrected chi connectivity index (χ0v) is 7.05. The molecule has 1 aromatic carbocycles. The summed E-state index contributed by atoms with van der Waals surface area (Å²) < 4.78 is 0. The Morgan fingerprint density at radius 2 is 2.00 bits per heavy atom. The highest BCUT2D eigenvalue weighted by Crippen LogP contribution is 2.06. The molecule has 1 N–H and O–H groups in total. The van der Waals surface area contributed by atoms with Crippen LogP contribution in [0.25, 0.3) is 0 Å². The van der Waals surface area contributed by atoms with Crippen molar-refractivity contribution in [3.05, 3.63) is 55.2 Å². The molecule has 0 fully saturated rings. The van der Waals surface area contributed by atoms with E-state index in [1.165, 1.54) is 12.7 Å². The van der Waals surface area contributed by atoms with E-state index in [9.17, 15) is 4.79 Å². The molecule has 1 aromatic rings. The fourth-order valence-electron chi connectivity index (χ4n) is 0.886. The average molecular weight is 176 g/mol. The van der Waals surface area contributed by atoms with Gasteiger partial charge in [0.05, 0.1) is 6.54 Å². The first kappa shape index (κ1) is 9.32. The van der Waals surface area contributed by atoms with Crippen molar-refractivity contribution in [2.24, 2.45) is 0 Å². The van der Waals surface area contributed by atoms with Crippen LogP contribution in [0.3, 0.4) is 0 Å². The highest BCUT2D eigenvalue weighted by Gasteiger charge is 2.07. The topological polar surface area (TPSA) is 40.5 Å². The molecule has 0 unspecified atom stereocenters. The van der Waals surface area contributed by atoms with Gasteiger partial charge in [-0.15, -0.1) is 0 Å². The smallest absolute Gasteiger partial charge is 0.411 e. The SMILES string of the molecule is C=CN([CH]c1ccccc1)C(=O)O. The summed E-state index contributed by atoms with van der Waals surface area (Å²) in [4.78, 5) is 11.6. The molecule has 67 valence electrons. The number of carbonyl (C=O) groups is 1. The van der Waals surface area contributed by atoms with E-state index >= 15 is 0 Å². The number of benzene rings is 1. The summed E-state index contributed by atoms with van der Waals surface area (Å²) in [6.07, 6.45) is 0.203. The molecule has 3 heteroatoms. The van der Waals surface area contributed by atoms with E-state index in [1.807, 2.05) is 30.3 Å². The summed E-state index contributed by atoms with van der Waals surface area (Å²) in [6, 6.07) is 9.19. The fraction of sp³-hybridized carbons (Fsp3) is 0. The van der Waals surface area contributed by atoms with Crippen molar-refractivity contribution in [3.63, 3.8) is 0 Å².